The highest BCUT2D eigenvalue weighted by molar-refractivity contribution is 5.86. The summed E-state index contributed by atoms with van der Waals surface area (Å²) in [5, 5.41) is 0. The predicted octanol–water partition coefficient (Wildman–Crippen LogP) is 3.70. The van der Waals surface area contributed by atoms with E-state index in [1.54, 1.807) is 0 Å². The van der Waals surface area contributed by atoms with E-state index in [-0.39, 0.29) is 6.10 Å². The Morgan fingerprint density at radius 3 is 2.57 bits per heavy atom. The van der Waals surface area contributed by atoms with Crippen molar-refractivity contribution in [1.29, 1.82) is 0 Å². The van der Waals surface area contributed by atoms with Gasteiger partial charge in [-0.15, -0.1) is 0 Å². The number of nitrogens with zero attached hydrogens (tertiary/aromatic N) is 2. The number of ether oxygens (including phenoxy) is 1. The lowest BCUT2D eigenvalue weighted by molar-refractivity contribution is 0.245. The fourth-order valence-electron chi connectivity index (χ4n) is 2.51. The molecule has 0 aliphatic rings. The van der Waals surface area contributed by atoms with Crippen LogP contribution in [0.15, 0.2) is 42.5 Å². The van der Waals surface area contributed by atoms with Gasteiger partial charge in [-0.1, -0.05) is 24.3 Å². The summed E-state index contributed by atoms with van der Waals surface area (Å²) >= 11 is 0. The molecule has 0 atom stereocenters. The highest BCUT2D eigenvalue weighted by Crippen LogP contribution is 2.31. The summed E-state index contributed by atoms with van der Waals surface area (Å²) in [7, 11) is 0. The number of hydrogen-bond donors (Lipinski definition) is 1. The molecular formula is C17H19N3O. The van der Waals surface area contributed by atoms with Crippen LogP contribution >= 0.6 is 0 Å². The van der Waals surface area contributed by atoms with Crippen molar-refractivity contribution in [3.05, 3.63) is 48.0 Å². The van der Waals surface area contributed by atoms with Crippen LogP contribution in [0.2, 0.25) is 0 Å². The molecule has 0 spiro atoms. The largest absolute Gasteiger partial charge is 0.489 e. The lowest BCUT2D eigenvalue weighted by Crippen LogP contribution is -2.05. The standard InChI is InChI=1S/C17H19N3O/c1-11(2)21-15-10-6-9-14-16(15)19-17(18)20(14)13-8-5-4-7-12(13)3/h4-11H,1-3H3,(H2,18,19). The number of hydrogen-bond acceptors (Lipinski definition) is 3. The van der Waals surface area contributed by atoms with Crippen molar-refractivity contribution in [1.82, 2.24) is 9.55 Å². The van der Waals surface area contributed by atoms with Gasteiger partial charge in [0.05, 0.1) is 17.3 Å². The summed E-state index contributed by atoms with van der Waals surface area (Å²) in [6.07, 6.45) is 0.0976. The maximum atomic E-state index is 6.15. The first-order valence-electron chi connectivity index (χ1n) is 7.07. The minimum Gasteiger partial charge on any atom is -0.489 e. The minimum atomic E-state index is 0.0976. The van der Waals surface area contributed by atoms with Crippen molar-refractivity contribution < 1.29 is 4.74 Å². The number of rotatable bonds is 3. The van der Waals surface area contributed by atoms with Gasteiger partial charge in [0, 0.05) is 0 Å². The van der Waals surface area contributed by atoms with E-state index in [0.717, 1.165) is 28.0 Å². The third-order valence-electron chi connectivity index (χ3n) is 3.39. The van der Waals surface area contributed by atoms with Gasteiger partial charge in [-0.05, 0) is 44.5 Å². The molecule has 21 heavy (non-hydrogen) atoms. The molecule has 0 amide bonds. The lowest BCUT2D eigenvalue weighted by Gasteiger charge is -2.11. The molecule has 1 heterocycles. The Kier molecular flexibility index (Phi) is 3.29. The second-order valence-electron chi connectivity index (χ2n) is 5.38. The van der Waals surface area contributed by atoms with Gasteiger partial charge in [0.25, 0.3) is 0 Å². The number of nitrogens with two attached hydrogens (primary N) is 1. The maximum absolute atomic E-state index is 6.15. The summed E-state index contributed by atoms with van der Waals surface area (Å²) in [5.74, 6) is 1.24. The molecule has 3 aromatic rings. The van der Waals surface area contributed by atoms with Crippen LogP contribution < -0.4 is 10.5 Å². The Morgan fingerprint density at radius 1 is 1.10 bits per heavy atom. The molecular weight excluding hydrogens is 262 g/mol. The van der Waals surface area contributed by atoms with E-state index in [1.165, 1.54) is 0 Å². The first-order valence-corrected chi connectivity index (χ1v) is 7.07. The number of nitrogen functional groups attached to an aromatic ring is 1. The first-order chi connectivity index (χ1) is 10.1. The number of benzene rings is 2. The summed E-state index contributed by atoms with van der Waals surface area (Å²) < 4.78 is 7.80. The zero-order valence-electron chi connectivity index (χ0n) is 12.5. The Balaban J connectivity index is 2.26. The molecule has 3 rings (SSSR count). The van der Waals surface area contributed by atoms with Gasteiger partial charge >= 0.3 is 0 Å². The molecule has 0 saturated carbocycles. The average molecular weight is 281 g/mol. The fourth-order valence-corrected chi connectivity index (χ4v) is 2.51. The van der Waals surface area contributed by atoms with Crippen LogP contribution in [0.3, 0.4) is 0 Å². The van der Waals surface area contributed by atoms with Gasteiger partial charge in [-0.25, -0.2) is 4.98 Å². The summed E-state index contributed by atoms with van der Waals surface area (Å²) in [5.41, 5.74) is 10.1. The third-order valence-corrected chi connectivity index (χ3v) is 3.39. The monoisotopic (exact) mass is 281 g/mol. The molecule has 0 saturated heterocycles. The summed E-state index contributed by atoms with van der Waals surface area (Å²) in [6, 6.07) is 14.0. The third kappa shape index (κ3) is 2.33. The minimum absolute atomic E-state index is 0.0976. The number of anilines is 1. The average Bonchev–Trinajstić information content (AvgIpc) is 2.76. The van der Waals surface area contributed by atoms with E-state index in [4.69, 9.17) is 10.5 Å². The van der Waals surface area contributed by atoms with E-state index in [9.17, 15) is 0 Å². The second-order valence-corrected chi connectivity index (χ2v) is 5.38. The lowest BCUT2D eigenvalue weighted by atomic mass is 10.2. The molecule has 0 bridgehead atoms. The van der Waals surface area contributed by atoms with Gasteiger partial charge in [0.1, 0.15) is 11.3 Å². The highest BCUT2D eigenvalue weighted by Gasteiger charge is 2.15. The Labute approximate surface area is 124 Å². The van der Waals surface area contributed by atoms with Crippen molar-refractivity contribution in [3.63, 3.8) is 0 Å². The van der Waals surface area contributed by atoms with Crippen LogP contribution in [0.5, 0.6) is 5.75 Å². The van der Waals surface area contributed by atoms with Crippen molar-refractivity contribution in [2.45, 2.75) is 26.9 Å². The molecule has 2 N–H and O–H groups in total. The van der Waals surface area contributed by atoms with Crippen LogP contribution in [-0.4, -0.2) is 15.7 Å². The fraction of sp³-hybridized carbons (Fsp3) is 0.235. The first kappa shape index (κ1) is 13.5. The molecule has 0 fully saturated rings. The molecule has 0 aliphatic carbocycles. The van der Waals surface area contributed by atoms with Gasteiger partial charge in [0.15, 0.2) is 0 Å². The van der Waals surface area contributed by atoms with Crippen LogP contribution in [0.1, 0.15) is 19.4 Å². The molecule has 0 unspecified atom stereocenters. The second kappa shape index (κ2) is 5.13. The topological polar surface area (TPSA) is 53.1 Å². The molecule has 4 heteroatoms. The molecule has 0 radical (unpaired) electrons. The number of aromatic nitrogens is 2. The number of para-hydroxylation sites is 2. The van der Waals surface area contributed by atoms with Gasteiger partial charge in [0.2, 0.25) is 5.95 Å². The number of fused-ring (bicyclic) bond motifs is 1. The number of imidazole rings is 1. The molecule has 0 aliphatic heterocycles. The van der Waals surface area contributed by atoms with Crippen LogP contribution in [0.25, 0.3) is 16.7 Å². The molecule has 4 nitrogen and oxygen atoms in total. The normalized spacial score (nSPS) is 11.2. The zero-order chi connectivity index (χ0) is 15.0. The van der Waals surface area contributed by atoms with E-state index >= 15 is 0 Å². The Hall–Kier alpha value is -2.49. The molecule has 108 valence electrons. The van der Waals surface area contributed by atoms with Crippen molar-refractivity contribution in [3.8, 4) is 11.4 Å². The van der Waals surface area contributed by atoms with Gasteiger partial charge in [-0.2, -0.15) is 0 Å². The van der Waals surface area contributed by atoms with E-state index in [2.05, 4.69) is 18.0 Å². The molecule has 2 aromatic carbocycles. The SMILES string of the molecule is Cc1ccccc1-n1c(N)nc2c(OC(C)C)cccc21. The highest BCUT2D eigenvalue weighted by atomic mass is 16.5. The van der Waals surface area contributed by atoms with E-state index in [0.29, 0.717) is 5.95 Å². The van der Waals surface area contributed by atoms with Crippen molar-refractivity contribution >= 4 is 17.0 Å². The van der Waals surface area contributed by atoms with Gasteiger partial charge in [-0.3, -0.25) is 4.57 Å². The van der Waals surface area contributed by atoms with Crippen LogP contribution in [-0.2, 0) is 0 Å². The summed E-state index contributed by atoms with van der Waals surface area (Å²) in [4.78, 5) is 4.50. The Bertz CT molecular complexity index is 790. The van der Waals surface area contributed by atoms with Crippen molar-refractivity contribution in [2.75, 3.05) is 5.73 Å². The Morgan fingerprint density at radius 2 is 1.86 bits per heavy atom. The van der Waals surface area contributed by atoms with E-state index < -0.39 is 0 Å². The maximum Gasteiger partial charge on any atom is 0.206 e. The zero-order valence-corrected chi connectivity index (χ0v) is 12.5. The molecule has 1 aromatic heterocycles. The number of aryl methyl sites for hydroxylation is 1. The summed E-state index contributed by atoms with van der Waals surface area (Å²) in [6.45, 7) is 6.07. The van der Waals surface area contributed by atoms with Gasteiger partial charge < -0.3 is 10.5 Å². The van der Waals surface area contributed by atoms with Crippen LogP contribution in [0, 0.1) is 6.92 Å². The smallest absolute Gasteiger partial charge is 0.206 e. The van der Waals surface area contributed by atoms with E-state index in [1.807, 2.05) is 54.8 Å². The quantitative estimate of drug-likeness (QED) is 0.796. The van der Waals surface area contributed by atoms with Crippen molar-refractivity contribution in [2.24, 2.45) is 0 Å². The van der Waals surface area contributed by atoms with Crippen LogP contribution in [0.4, 0.5) is 5.95 Å². The predicted molar refractivity (Wildman–Crippen MR) is 86.0 cm³/mol.